The van der Waals surface area contributed by atoms with Crippen LogP contribution in [-0.2, 0) is 22.6 Å². The number of likely N-dealkylation sites (tertiary alicyclic amines) is 1. The van der Waals surface area contributed by atoms with Gasteiger partial charge in [0.05, 0.1) is 19.2 Å². The molecule has 8 nitrogen and oxygen atoms in total. The monoisotopic (exact) mass is 350 g/mol. The number of ether oxygens (including phenoxy) is 1. The van der Waals surface area contributed by atoms with Crippen molar-refractivity contribution in [3.63, 3.8) is 0 Å². The van der Waals surface area contributed by atoms with Gasteiger partial charge < -0.3 is 19.5 Å². The van der Waals surface area contributed by atoms with Crippen molar-refractivity contribution in [2.24, 2.45) is 0 Å². The number of carbonyl (C=O) groups excluding carboxylic acids is 1. The fraction of sp³-hybridized carbons (Fsp3) is 0.824. The van der Waals surface area contributed by atoms with Crippen molar-refractivity contribution in [3.8, 4) is 0 Å². The van der Waals surface area contributed by atoms with Crippen LogP contribution in [0.15, 0.2) is 6.33 Å². The molecular weight excluding hydrogens is 320 g/mol. The maximum Gasteiger partial charge on any atom is 0.240 e. The number of carbonyl (C=O) groups is 1. The molecule has 2 aliphatic rings. The van der Waals surface area contributed by atoms with Crippen LogP contribution in [-0.4, -0.2) is 83.0 Å². The van der Waals surface area contributed by atoms with E-state index in [1.165, 1.54) is 0 Å². The van der Waals surface area contributed by atoms with Crippen molar-refractivity contribution < 1.29 is 9.53 Å². The Hall–Kier alpha value is -1.51. The predicted molar refractivity (Wildman–Crippen MR) is 94.0 cm³/mol. The molecule has 2 fully saturated rings. The zero-order chi connectivity index (χ0) is 17.6. The van der Waals surface area contributed by atoms with E-state index in [4.69, 9.17) is 4.74 Å². The first-order valence-electron chi connectivity index (χ1n) is 9.27. The van der Waals surface area contributed by atoms with Crippen LogP contribution in [0.5, 0.6) is 0 Å². The zero-order valence-corrected chi connectivity index (χ0v) is 15.4. The molecule has 0 aromatic carbocycles. The van der Waals surface area contributed by atoms with E-state index >= 15 is 0 Å². The molecule has 0 aliphatic carbocycles. The highest BCUT2D eigenvalue weighted by molar-refractivity contribution is 5.82. The minimum Gasteiger partial charge on any atom is -0.383 e. The average Bonchev–Trinajstić information content (AvgIpc) is 3.29. The first kappa shape index (κ1) is 18.3. The van der Waals surface area contributed by atoms with Gasteiger partial charge in [-0.2, -0.15) is 0 Å². The lowest BCUT2D eigenvalue weighted by Crippen LogP contribution is -2.51. The van der Waals surface area contributed by atoms with Gasteiger partial charge in [0, 0.05) is 26.7 Å². The second kappa shape index (κ2) is 8.73. The Morgan fingerprint density at radius 1 is 1.40 bits per heavy atom. The van der Waals surface area contributed by atoms with Crippen molar-refractivity contribution >= 4 is 5.91 Å². The molecule has 0 spiro atoms. The van der Waals surface area contributed by atoms with E-state index in [1.54, 1.807) is 18.3 Å². The van der Waals surface area contributed by atoms with Crippen molar-refractivity contribution in [2.45, 2.75) is 50.9 Å². The van der Waals surface area contributed by atoms with Gasteiger partial charge in [0.25, 0.3) is 0 Å². The molecule has 2 aliphatic heterocycles. The Labute approximate surface area is 149 Å². The molecule has 0 radical (unpaired) electrons. The Morgan fingerprint density at radius 2 is 2.20 bits per heavy atom. The lowest BCUT2D eigenvalue weighted by atomic mass is 10.0. The first-order chi connectivity index (χ1) is 12.2. The zero-order valence-electron chi connectivity index (χ0n) is 15.4. The fourth-order valence-corrected chi connectivity index (χ4v) is 3.95. The summed E-state index contributed by atoms with van der Waals surface area (Å²) in [7, 11) is 3.55. The van der Waals surface area contributed by atoms with Gasteiger partial charge in [-0.1, -0.05) is 0 Å². The third kappa shape index (κ3) is 4.37. The van der Waals surface area contributed by atoms with E-state index in [1.807, 2.05) is 11.6 Å². The quantitative estimate of drug-likeness (QED) is 0.752. The molecule has 1 aromatic rings. The highest BCUT2D eigenvalue weighted by Crippen LogP contribution is 2.25. The highest BCUT2D eigenvalue weighted by Gasteiger charge is 2.37. The molecule has 1 N–H and O–H groups in total. The molecule has 25 heavy (non-hydrogen) atoms. The predicted octanol–water partition coefficient (Wildman–Crippen LogP) is 0.0993. The van der Waals surface area contributed by atoms with Gasteiger partial charge in [0.15, 0.2) is 5.82 Å². The summed E-state index contributed by atoms with van der Waals surface area (Å²) in [5.41, 5.74) is 0. The highest BCUT2D eigenvalue weighted by atomic mass is 16.5. The number of likely N-dealkylation sites (N-methyl/N-ethyl adjacent to an activating group) is 1. The average molecular weight is 350 g/mol. The van der Waals surface area contributed by atoms with Crippen LogP contribution in [0.4, 0.5) is 0 Å². The smallest absolute Gasteiger partial charge is 0.240 e. The maximum absolute atomic E-state index is 13.0. The standard InChI is InChI=1S/C17H30N6O2/c1-21(12-16-20-19-13-22(16)10-11-25-2)17(24)15-4-3-9-23(15)14-5-7-18-8-6-14/h13-15,18H,3-12H2,1-2H3. The minimum absolute atomic E-state index is 0.0171. The largest absolute Gasteiger partial charge is 0.383 e. The maximum atomic E-state index is 13.0. The molecule has 1 atom stereocenters. The van der Waals surface area contributed by atoms with Crippen LogP contribution in [0.1, 0.15) is 31.5 Å². The summed E-state index contributed by atoms with van der Waals surface area (Å²) < 4.78 is 7.07. The Morgan fingerprint density at radius 3 is 2.96 bits per heavy atom. The third-order valence-corrected chi connectivity index (χ3v) is 5.34. The van der Waals surface area contributed by atoms with Gasteiger partial charge in [-0.15, -0.1) is 10.2 Å². The number of rotatable bonds is 7. The molecule has 140 valence electrons. The van der Waals surface area contributed by atoms with Gasteiger partial charge >= 0.3 is 0 Å². The number of amides is 1. The topological polar surface area (TPSA) is 75.5 Å². The third-order valence-electron chi connectivity index (χ3n) is 5.34. The normalized spacial score (nSPS) is 22.4. The number of piperidine rings is 1. The summed E-state index contributed by atoms with van der Waals surface area (Å²) in [4.78, 5) is 17.3. The fourth-order valence-electron chi connectivity index (χ4n) is 3.95. The minimum atomic E-state index is 0.0171. The van der Waals surface area contributed by atoms with E-state index in [0.717, 1.165) is 51.1 Å². The van der Waals surface area contributed by atoms with Gasteiger partial charge in [-0.25, -0.2) is 0 Å². The van der Waals surface area contributed by atoms with E-state index < -0.39 is 0 Å². The van der Waals surface area contributed by atoms with Crippen LogP contribution < -0.4 is 5.32 Å². The molecule has 1 amide bonds. The number of hydrogen-bond acceptors (Lipinski definition) is 6. The summed E-state index contributed by atoms with van der Waals surface area (Å²) >= 11 is 0. The molecule has 2 saturated heterocycles. The molecule has 1 unspecified atom stereocenters. The Kier molecular flexibility index (Phi) is 6.39. The van der Waals surface area contributed by atoms with E-state index in [-0.39, 0.29) is 11.9 Å². The molecule has 1 aromatic heterocycles. The van der Waals surface area contributed by atoms with Crippen LogP contribution in [0, 0.1) is 0 Å². The van der Waals surface area contributed by atoms with E-state index in [2.05, 4.69) is 20.4 Å². The van der Waals surface area contributed by atoms with Gasteiger partial charge in [-0.05, 0) is 45.3 Å². The van der Waals surface area contributed by atoms with Gasteiger partial charge in [0.2, 0.25) is 5.91 Å². The number of hydrogen-bond donors (Lipinski definition) is 1. The SMILES string of the molecule is COCCn1cnnc1CN(C)C(=O)C1CCCN1C1CCNCC1. The molecular formula is C17H30N6O2. The van der Waals surface area contributed by atoms with Crippen LogP contribution in [0.2, 0.25) is 0 Å². The van der Waals surface area contributed by atoms with Gasteiger partial charge in [-0.3, -0.25) is 9.69 Å². The number of nitrogens with one attached hydrogen (secondary N) is 1. The summed E-state index contributed by atoms with van der Waals surface area (Å²) in [5, 5.41) is 11.6. The molecule has 3 heterocycles. The Balaban J connectivity index is 1.60. The number of nitrogens with zero attached hydrogens (tertiary/aromatic N) is 5. The molecule has 3 rings (SSSR count). The summed E-state index contributed by atoms with van der Waals surface area (Å²) in [6.45, 7) is 4.94. The number of methoxy groups -OCH3 is 1. The van der Waals surface area contributed by atoms with Crippen LogP contribution in [0.3, 0.4) is 0 Å². The number of aromatic nitrogens is 3. The van der Waals surface area contributed by atoms with Crippen molar-refractivity contribution in [2.75, 3.05) is 40.4 Å². The molecule has 0 bridgehead atoms. The first-order valence-corrected chi connectivity index (χ1v) is 9.27. The van der Waals surface area contributed by atoms with E-state index in [9.17, 15) is 4.79 Å². The van der Waals surface area contributed by atoms with Crippen molar-refractivity contribution in [3.05, 3.63) is 12.2 Å². The van der Waals surface area contributed by atoms with Crippen LogP contribution >= 0.6 is 0 Å². The summed E-state index contributed by atoms with van der Waals surface area (Å²) in [6.07, 6.45) is 6.04. The van der Waals surface area contributed by atoms with Gasteiger partial charge in [0.1, 0.15) is 6.33 Å². The lowest BCUT2D eigenvalue weighted by Gasteiger charge is -2.36. The second-order valence-electron chi connectivity index (χ2n) is 7.00. The van der Waals surface area contributed by atoms with Crippen molar-refractivity contribution in [1.82, 2.24) is 29.9 Å². The van der Waals surface area contributed by atoms with Crippen molar-refractivity contribution in [1.29, 1.82) is 0 Å². The Bertz CT molecular complexity index is 557. The molecule has 8 heteroatoms. The lowest BCUT2D eigenvalue weighted by molar-refractivity contribution is -0.136. The summed E-state index contributed by atoms with van der Waals surface area (Å²) in [6, 6.07) is 0.555. The van der Waals surface area contributed by atoms with E-state index in [0.29, 0.717) is 25.7 Å². The second-order valence-corrected chi connectivity index (χ2v) is 7.00. The summed E-state index contributed by atoms with van der Waals surface area (Å²) in [5.74, 6) is 1.01. The molecule has 0 saturated carbocycles. The van der Waals surface area contributed by atoms with Crippen LogP contribution in [0.25, 0.3) is 0 Å².